The topological polar surface area (TPSA) is 50.2 Å². The number of piperidine rings is 1. The average Bonchev–Trinajstić information content (AvgIpc) is 2.92. The summed E-state index contributed by atoms with van der Waals surface area (Å²) in [5.74, 6) is -0.141. The van der Waals surface area contributed by atoms with Crippen molar-refractivity contribution in [2.24, 2.45) is 0 Å². The van der Waals surface area contributed by atoms with Crippen LogP contribution in [-0.4, -0.2) is 46.3 Å². The van der Waals surface area contributed by atoms with Crippen molar-refractivity contribution in [2.75, 3.05) is 19.6 Å². The third kappa shape index (κ3) is 4.90. The van der Waals surface area contributed by atoms with Gasteiger partial charge in [0.05, 0.1) is 17.8 Å². The number of halogens is 1. The Labute approximate surface area is 166 Å². The van der Waals surface area contributed by atoms with E-state index in [0.29, 0.717) is 35.5 Å². The number of likely N-dealkylation sites (tertiary alicyclic amines) is 1. The smallest absolute Gasteiger partial charge is 0.256 e. The van der Waals surface area contributed by atoms with Crippen LogP contribution in [0.15, 0.2) is 24.3 Å². The molecule has 0 aliphatic carbocycles. The largest absolute Gasteiger partial charge is 0.351 e. The third-order valence-electron chi connectivity index (χ3n) is 5.37. The number of nitrogens with zero attached hydrogens (tertiary/aromatic N) is 3. The fraction of sp³-hybridized carbons (Fsp3) is 0.524. The molecule has 2 heterocycles. The number of rotatable bonds is 6. The molecule has 0 spiro atoms. The van der Waals surface area contributed by atoms with E-state index in [0.717, 1.165) is 18.7 Å². The minimum Gasteiger partial charge on any atom is -0.351 e. The Morgan fingerprint density at radius 1 is 1.26 bits per heavy atom. The summed E-state index contributed by atoms with van der Waals surface area (Å²) in [6, 6.07) is 8.84. The highest BCUT2D eigenvalue weighted by atomic mass is 35.5. The van der Waals surface area contributed by atoms with Crippen LogP contribution in [0.1, 0.15) is 53.4 Å². The molecule has 146 valence electrons. The molecule has 3 rings (SSSR count). The van der Waals surface area contributed by atoms with Crippen LogP contribution in [-0.2, 0) is 6.54 Å². The predicted octanol–water partition coefficient (Wildman–Crippen LogP) is 3.81. The summed E-state index contributed by atoms with van der Waals surface area (Å²) >= 11 is 6.49. The summed E-state index contributed by atoms with van der Waals surface area (Å²) < 4.78 is 1.70. The van der Waals surface area contributed by atoms with Crippen LogP contribution in [0, 0.1) is 13.8 Å². The number of amides is 1. The normalized spacial score (nSPS) is 17.9. The highest BCUT2D eigenvalue weighted by Crippen LogP contribution is 2.21. The zero-order valence-electron chi connectivity index (χ0n) is 16.5. The molecule has 1 amide bonds. The Hall–Kier alpha value is -1.85. The molecule has 1 N–H and O–H groups in total. The van der Waals surface area contributed by atoms with E-state index in [4.69, 9.17) is 11.6 Å². The lowest BCUT2D eigenvalue weighted by Crippen LogP contribution is -2.42. The van der Waals surface area contributed by atoms with Gasteiger partial charge in [-0.1, -0.05) is 47.9 Å². The van der Waals surface area contributed by atoms with Crippen LogP contribution in [0.3, 0.4) is 0 Å². The quantitative estimate of drug-likeness (QED) is 0.818. The molecule has 0 bridgehead atoms. The molecule has 2 aromatic rings. The molecule has 5 nitrogen and oxygen atoms in total. The van der Waals surface area contributed by atoms with Crippen molar-refractivity contribution in [3.63, 3.8) is 0 Å². The molecule has 27 heavy (non-hydrogen) atoms. The van der Waals surface area contributed by atoms with E-state index in [1.165, 1.54) is 24.8 Å². The standard InChI is InChI=1S/C21H29ClN4O/c1-15-7-9-18(10-8-15)14-26-20(22)19(17(3)24-26)21(27)23-11-13-25-12-5-4-6-16(25)2/h7-10,16H,4-6,11-14H2,1-3H3,(H,23,27). The Morgan fingerprint density at radius 2 is 2.00 bits per heavy atom. The van der Waals surface area contributed by atoms with E-state index in [9.17, 15) is 4.79 Å². The van der Waals surface area contributed by atoms with Crippen LogP contribution in [0.25, 0.3) is 0 Å². The van der Waals surface area contributed by atoms with Gasteiger partial charge in [0.2, 0.25) is 0 Å². The Morgan fingerprint density at radius 3 is 2.70 bits per heavy atom. The second-order valence-corrected chi connectivity index (χ2v) is 7.89. The van der Waals surface area contributed by atoms with E-state index in [2.05, 4.69) is 53.4 Å². The lowest BCUT2D eigenvalue weighted by molar-refractivity contribution is 0.0938. The highest BCUT2D eigenvalue weighted by molar-refractivity contribution is 6.33. The number of benzene rings is 1. The van der Waals surface area contributed by atoms with Gasteiger partial charge >= 0.3 is 0 Å². The van der Waals surface area contributed by atoms with E-state index >= 15 is 0 Å². The van der Waals surface area contributed by atoms with Gasteiger partial charge in [-0.3, -0.25) is 9.69 Å². The monoisotopic (exact) mass is 388 g/mol. The van der Waals surface area contributed by atoms with E-state index in [-0.39, 0.29) is 5.91 Å². The predicted molar refractivity (Wildman–Crippen MR) is 109 cm³/mol. The number of carbonyl (C=O) groups excluding carboxylic acids is 1. The summed E-state index contributed by atoms with van der Waals surface area (Å²) in [6.07, 6.45) is 3.79. The minimum atomic E-state index is -0.141. The minimum absolute atomic E-state index is 0.141. The maximum absolute atomic E-state index is 12.7. The van der Waals surface area contributed by atoms with Crippen LogP contribution < -0.4 is 5.32 Å². The van der Waals surface area contributed by atoms with Gasteiger partial charge in [-0.25, -0.2) is 4.68 Å². The molecule has 6 heteroatoms. The van der Waals surface area contributed by atoms with Crippen molar-refractivity contribution in [3.8, 4) is 0 Å². The number of carbonyl (C=O) groups is 1. The van der Waals surface area contributed by atoms with Crippen molar-refractivity contribution < 1.29 is 4.79 Å². The molecule has 1 saturated heterocycles. The van der Waals surface area contributed by atoms with Gasteiger partial charge in [0, 0.05) is 19.1 Å². The maximum atomic E-state index is 12.7. The fourth-order valence-corrected chi connectivity index (χ4v) is 3.99. The van der Waals surface area contributed by atoms with Gasteiger partial charge in [-0.05, 0) is 45.7 Å². The number of aromatic nitrogens is 2. The molecule has 1 aliphatic heterocycles. The summed E-state index contributed by atoms with van der Waals surface area (Å²) in [4.78, 5) is 15.1. The molecule has 1 aromatic carbocycles. The number of hydrogen-bond donors (Lipinski definition) is 1. The summed E-state index contributed by atoms with van der Waals surface area (Å²) in [5, 5.41) is 7.89. The zero-order valence-corrected chi connectivity index (χ0v) is 17.2. The SMILES string of the molecule is Cc1ccc(Cn2nc(C)c(C(=O)NCCN3CCCCC3C)c2Cl)cc1. The second-order valence-electron chi connectivity index (χ2n) is 7.53. The first-order chi connectivity index (χ1) is 13.0. The van der Waals surface area contributed by atoms with Crippen molar-refractivity contribution in [1.82, 2.24) is 20.0 Å². The molecular weight excluding hydrogens is 360 g/mol. The van der Waals surface area contributed by atoms with E-state index in [1.54, 1.807) is 4.68 Å². The van der Waals surface area contributed by atoms with Gasteiger partial charge in [-0.15, -0.1) is 0 Å². The van der Waals surface area contributed by atoms with Gasteiger partial charge < -0.3 is 5.32 Å². The molecular formula is C21H29ClN4O. The molecule has 1 aliphatic rings. The molecule has 1 fully saturated rings. The van der Waals surface area contributed by atoms with Gasteiger partial charge in [-0.2, -0.15) is 5.10 Å². The second kappa shape index (κ2) is 8.89. The van der Waals surface area contributed by atoms with Crippen LogP contribution in [0.5, 0.6) is 0 Å². The summed E-state index contributed by atoms with van der Waals surface area (Å²) in [5.41, 5.74) is 3.46. The first-order valence-electron chi connectivity index (χ1n) is 9.76. The number of aryl methyl sites for hydroxylation is 2. The molecule has 1 aromatic heterocycles. The maximum Gasteiger partial charge on any atom is 0.256 e. The van der Waals surface area contributed by atoms with Crippen molar-refractivity contribution >= 4 is 17.5 Å². The zero-order chi connectivity index (χ0) is 19.4. The van der Waals surface area contributed by atoms with Gasteiger partial charge in [0.15, 0.2) is 0 Å². The lowest BCUT2D eigenvalue weighted by Gasteiger charge is -2.33. The Bertz CT molecular complexity index is 784. The van der Waals surface area contributed by atoms with Crippen LogP contribution >= 0.6 is 11.6 Å². The van der Waals surface area contributed by atoms with Crippen molar-refractivity contribution in [1.29, 1.82) is 0 Å². The third-order valence-corrected chi connectivity index (χ3v) is 5.75. The molecule has 1 unspecified atom stereocenters. The van der Waals surface area contributed by atoms with Crippen molar-refractivity contribution in [3.05, 3.63) is 51.8 Å². The first-order valence-corrected chi connectivity index (χ1v) is 10.1. The Kier molecular flexibility index (Phi) is 6.55. The summed E-state index contributed by atoms with van der Waals surface area (Å²) in [7, 11) is 0. The number of nitrogens with one attached hydrogen (secondary N) is 1. The fourth-order valence-electron chi connectivity index (χ4n) is 3.67. The molecule has 0 radical (unpaired) electrons. The van der Waals surface area contributed by atoms with E-state index in [1.807, 2.05) is 6.92 Å². The highest BCUT2D eigenvalue weighted by Gasteiger charge is 2.21. The molecule has 0 saturated carbocycles. The summed E-state index contributed by atoms with van der Waals surface area (Å²) in [6.45, 7) is 9.32. The van der Waals surface area contributed by atoms with Gasteiger partial charge in [0.25, 0.3) is 5.91 Å². The Balaban J connectivity index is 1.61. The molecule has 1 atom stereocenters. The van der Waals surface area contributed by atoms with Crippen LogP contribution in [0.4, 0.5) is 0 Å². The lowest BCUT2D eigenvalue weighted by atomic mass is 10.0. The number of hydrogen-bond acceptors (Lipinski definition) is 3. The van der Waals surface area contributed by atoms with Crippen LogP contribution in [0.2, 0.25) is 5.15 Å². The van der Waals surface area contributed by atoms with Gasteiger partial charge in [0.1, 0.15) is 5.15 Å². The van der Waals surface area contributed by atoms with Crippen molar-refractivity contribution in [2.45, 2.75) is 52.6 Å². The first kappa shape index (κ1) is 19.9. The average molecular weight is 389 g/mol. The van der Waals surface area contributed by atoms with E-state index < -0.39 is 0 Å².